The normalized spacial score (nSPS) is 12.4. The fourth-order valence-corrected chi connectivity index (χ4v) is 2.80. The Morgan fingerprint density at radius 2 is 2.10 bits per heavy atom. The number of halogens is 1. The summed E-state index contributed by atoms with van der Waals surface area (Å²) in [6.45, 7) is 10.2. The molecule has 0 heterocycles. The lowest BCUT2D eigenvalue weighted by Crippen LogP contribution is -2.35. The van der Waals surface area contributed by atoms with Crippen LogP contribution >= 0.6 is 15.9 Å². The first-order valence-electron chi connectivity index (χ1n) is 7.38. The summed E-state index contributed by atoms with van der Waals surface area (Å²) in [6.07, 6.45) is 1.12. The van der Waals surface area contributed by atoms with E-state index < -0.39 is 0 Å². The highest BCUT2D eigenvalue weighted by molar-refractivity contribution is 9.10. The van der Waals surface area contributed by atoms with Crippen LogP contribution in [0, 0.1) is 0 Å². The van der Waals surface area contributed by atoms with Crippen molar-refractivity contribution in [2.75, 3.05) is 31.7 Å². The molecule has 0 aliphatic rings. The predicted octanol–water partition coefficient (Wildman–Crippen LogP) is 3.81. The summed E-state index contributed by atoms with van der Waals surface area (Å²) in [5, 5.41) is 3.35. The second kappa shape index (κ2) is 9.37. The van der Waals surface area contributed by atoms with Gasteiger partial charge in [-0.2, -0.15) is 0 Å². The van der Waals surface area contributed by atoms with E-state index in [0.717, 1.165) is 37.1 Å². The monoisotopic (exact) mass is 342 g/mol. The van der Waals surface area contributed by atoms with Gasteiger partial charge in [0.2, 0.25) is 0 Å². The van der Waals surface area contributed by atoms with Crippen LogP contribution in [-0.4, -0.2) is 32.8 Å². The van der Waals surface area contributed by atoms with Crippen LogP contribution in [0.4, 0.5) is 5.69 Å². The number of ether oxygens (including phenoxy) is 1. The van der Waals surface area contributed by atoms with Crippen molar-refractivity contribution < 1.29 is 4.74 Å². The molecule has 0 spiro atoms. The molecule has 1 unspecified atom stereocenters. The Morgan fingerprint density at radius 3 is 2.65 bits per heavy atom. The third-order valence-corrected chi connectivity index (χ3v) is 4.20. The van der Waals surface area contributed by atoms with Gasteiger partial charge in [0.1, 0.15) is 0 Å². The Hall–Kier alpha value is -0.580. The van der Waals surface area contributed by atoms with E-state index in [1.165, 1.54) is 11.3 Å². The van der Waals surface area contributed by atoms with Crippen molar-refractivity contribution in [1.29, 1.82) is 0 Å². The number of rotatable bonds is 9. The van der Waals surface area contributed by atoms with Gasteiger partial charge in [-0.05, 0) is 53.5 Å². The average molecular weight is 343 g/mol. The molecule has 0 saturated heterocycles. The molecule has 20 heavy (non-hydrogen) atoms. The number of hydrogen-bond acceptors (Lipinski definition) is 3. The molecule has 0 bridgehead atoms. The molecule has 114 valence electrons. The molecule has 3 nitrogen and oxygen atoms in total. The van der Waals surface area contributed by atoms with Crippen molar-refractivity contribution in [1.82, 2.24) is 5.32 Å². The molecular weight excluding hydrogens is 316 g/mol. The number of hydrogen-bond donors (Lipinski definition) is 1. The quantitative estimate of drug-likeness (QED) is 0.738. The minimum atomic E-state index is 0.501. The molecule has 1 aromatic carbocycles. The smallest absolute Gasteiger partial charge is 0.0637 e. The zero-order valence-electron chi connectivity index (χ0n) is 13.1. The summed E-state index contributed by atoms with van der Waals surface area (Å²) in [5.74, 6) is 0. The molecule has 1 atom stereocenters. The zero-order chi connectivity index (χ0) is 15.0. The van der Waals surface area contributed by atoms with E-state index in [0.29, 0.717) is 6.04 Å². The second-order valence-electron chi connectivity index (χ2n) is 5.01. The van der Waals surface area contributed by atoms with Crippen LogP contribution < -0.4 is 10.2 Å². The predicted molar refractivity (Wildman–Crippen MR) is 90.5 cm³/mol. The number of anilines is 1. The van der Waals surface area contributed by atoms with E-state index in [2.05, 4.69) is 65.1 Å². The van der Waals surface area contributed by atoms with Crippen LogP contribution in [-0.2, 0) is 11.3 Å². The Morgan fingerprint density at radius 1 is 1.35 bits per heavy atom. The first-order valence-corrected chi connectivity index (χ1v) is 8.18. The molecule has 1 N–H and O–H groups in total. The maximum atomic E-state index is 5.24. The molecule has 0 aromatic heterocycles. The molecule has 1 rings (SSSR count). The van der Waals surface area contributed by atoms with Crippen LogP contribution in [0.1, 0.15) is 32.8 Å². The first kappa shape index (κ1) is 17.5. The highest BCUT2D eigenvalue weighted by atomic mass is 79.9. The molecule has 1 aromatic rings. The number of benzene rings is 1. The molecule has 0 amide bonds. The maximum absolute atomic E-state index is 5.24. The van der Waals surface area contributed by atoms with E-state index in [1.807, 2.05) is 0 Å². The Balaban J connectivity index is 2.89. The summed E-state index contributed by atoms with van der Waals surface area (Å²) in [4.78, 5) is 2.41. The summed E-state index contributed by atoms with van der Waals surface area (Å²) in [6, 6.07) is 7.12. The average Bonchev–Trinajstić information content (AvgIpc) is 2.46. The maximum Gasteiger partial charge on any atom is 0.0637 e. The van der Waals surface area contributed by atoms with Crippen LogP contribution in [0.5, 0.6) is 0 Å². The van der Waals surface area contributed by atoms with Crippen molar-refractivity contribution in [3.8, 4) is 0 Å². The van der Waals surface area contributed by atoms with E-state index >= 15 is 0 Å². The SMILES string of the molecule is CCNCc1ccc(N(CCOC)C(C)CC)c(Br)c1. The third-order valence-electron chi connectivity index (χ3n) is 3.56. The van der Waals surface area contributed by atoms with Crippen molar-refractivity contribution in [3.05, 3.63) is 28.2 Å². The van der Waals surface area contributed by atoms with Gasteiger partial charge < -0.3 is 15.0 Å². The van der Waals surface area contributed by atoms with Gasteiger partial charge in [-0.3, -0.25) is 0 Å². The molecule has 0 aliphatic heterocycles. The van der Waals surface area contributed by atoms with Gasteiger partial charge in [-0.1, -0.05) is 19.9 Å². The van der Waals surface area contributed by atoms with E-state index in [4.69, 9.17) is 4.74 Å². The van der Waals surface area contributed by atoms with Gasteiger partial charge in [0.05, 0.1) is 12.3 Å². The fourth-order valence-electron chi connectivity index (χ4n) is 2.15. The van der Waals surface area contributed by atoms with Crippen LogP contribution in [0.15, 0.2) is 22.7 Å². The van der Waals surface area contributed by atoms with Gasteiger partial charge in [-0.15, -0.1) is 0 Å². The largest absolute Gasteiger partial charge is 0.383 e. The van der Waals surface area contributed by atoms with Gasteiger partial charge >= 0.3 is 0 Å². The van der Waals surface area contributed by atoms with Crippen molar-refractivity contribution in [2.45, 2.75) is 39.8 Å². The molecule has 0 saturated carbocycles. The first-order chi connectivity index (χ1) is 9.63. The third kappa shape index (κ3) is 5.08. The lowest BCUT2D eigenvalue weighted by atomic mass is 10.1. The fraction of sp³-hybridized carbons (Fsp3) is 0.625. The Bertz CT molecular complexity index is 398. The zero-order valence-corrected chi connectivity index (χ0v) is 14.7. The second-order valence-corrected chi connectivity index (χ2v) is 5.86. The molecule has 0 radical (unpaired) electrons. The molecule has 4 heteroatoms. The van der Waals surface area contributed by atoms with Gasteiger partial charge in [0.25, 0.3) is 0 Å². The highest BCUT2D eigenvalue weighted by Crippen LogP contribution is 2.29. The van der Waals surface area contributed by atoms with E-state index in [9.17, 15) is 0 Å². The summed E-state index contributed by atoms with van der Waals surface area (Å²) in [7, 11) is 1.75. The minimum Gasteiger partial charge on any atom is -0.383 e. The van der Waals surface area contributed by atoms with Crippen LogP contribution in [0.3, 0.4) is 0 Å². The summed E-state index contributed by atoms with van der Waals surface area (Å²) >= 11 is 3.72. The van der Waals surface area contributed by atoms with Crippen molar-refractivity contribution in [3.63, 3.8) is 0 Å². The molecular formula is C16H27BrN2O. The van der Waals surface area contributed by atoms with E-state index in [1.54, 1.807) is 7.11 Å². The lowest BCUT2D eigenvalue weighted by molar-refractivity contribution is 0.203. The topological polar surface area (TPSA) is 24.5 Å². The number of methoxy groups -OCH3 is 1. The Kier molecular flexibility index (Phi) is 8.19. The van der Waals surface area contributed by atoms with Crippen LogP contribution in [0.25, 0.3) is 0 Å². The Labute approximate surface area is 131 Å². The minimum absolute atomic E-state index is 0.501. The lowest BCUT2D eigenvalue weighted by Gasteiger charge is -2.31. The van der Waals surface area contributed by atoms with Gasteiger partial charge in [0.15, 0.2) is 0 Å². The molecule has 0 aliphatic carbocycles. The number of nitrogens with one attached hydrogen (secondary N) is 1. The van der Waals surface area contributed by atoms with Crippen molar-refractivity contribution in [2.24, 2.45) is 0 Å². The van der Waals surface area contributed by atoms with Crippen molar-refractivity contribution >= 4 is 21.6 Å². The van der Waals surface area contributed by atoms with Gasteiger partial charge in [0, 0.05) is 30.7 Å². The van der Waals surface area contributed by atoms with Gasteiger partial charge in [-0.25, -0.2) is 0 Å². The van der Waals surface area contributed by atoms with Crippen LogP contribution in [0.2, 0.25) is 0 Å². The molecule has 0 fully saturated rings. The number of nitrogens with zero attached hydrogens (tertiary/aromatic N) is 1. The van der Waals surface area contributed by atoms with E-state index in [-0.39, 0.29) is 0 Å². The summed E-state index contributed by atoms with van der Waals surface area (Å²) in [5.41, 5.74) is 2.55. The summed E-state index contributed by atoms with van der Waals surface area (Å²) < 4.78 is 6.39. The standard InChI is InChI=1S/C16H27BrN2O/c1-5-13(3)19(9-10-20-4)16-8-7-14(11-15(16)17)12-18-6-2/h7-8,11,13,18H,5-6,9-10,12H2,1-4H3. The highest BCUT2D eigenvalue weighted by Gasteiger charge is 2.15.